The van der Waals surface area contributed by atoms with Crippen LogP contribution in [0.15, 0.2) is 18.2 Å². The molecule has 1 nitrogen and oxygen atoms in total. The highest BCUT2D eigenvalue weighted by Gasteiger charge is 2.34. The Kier molecular flexibility index (Phi) is 3.37. The lowest BCUT2D eigenvalue weighted by molar-refractivity contribution is 0.350. The minimum atomic E-state index is 0.322. The SMILES string of the molecule is CC1(C)CCCC1Nc1c(Cl)cccc1Cl. The van der Waals surface area contributed by atoms with Crippen LogP contribution in [0.5, 0.6) is 0 Å². The molecule has 1 N–H and O–H groups in total. The fourth-order valence-corrected chi connectivity index (χ4v) is 2.91. The monoisotopic (exact) mass is 257 g/mol. The molecule has 1 saturated carbocycles. The van der Waals surface area contributed by atoms with Gasteiger partial charge in [-0.05, 0) is 30.4 Å². The maximum Gasteiger partial charge on any atom is 0.0721 e. The van der Waals surface area contributed by atoms with Crippen molar-refractivity contribution in [1.29, 1.82) is 0 Å². The molecule has 1 unspecified atom stereocenters. The second-order valence-corrected chi connectivity index (χ2v) is 5.99. The van der Waals surface area contributed by atoms with Crippen LogP contribution in [-0.4, -0.2) is 6.04 Å². The summed E-state index contributed by atoms with van der Waals surface area (Å²) in [5.74, 6) is 0. The van der Waals surface area contributed by atoms with Gasteiger partial charge >= 0.3 is 0 Å². The minimum Gasteiger partial charge on any atom is -0.379 e. The van der Waals surface area contributed by atoms with Gasteiger partial charge in [0.25, 0.3) is 0 Å². The van der Waals surface area contributed by atoms with Gasteiger partial charge in [0, 0.05) is 6.04 Å². The van der Waals surface area contributed by atoms with E-state index in [0.717, 1.165) is 5.69 Å². The Bertz CT molecular complexity index is 367. The molecule has 0 heterocycles. The summed E-state index contributed by atoms with van der Waals surface area (Å²) in [5, 5.41) is 4.91. The van der Waals surface area contributed by atoms with Crippen molar-refractivity contribution in [2.45, 2.75) is 39.2 Å². The molecule has 0 amide bonds. The van der Waals surface area contributed by atoms with Crippen LogP contribution in [0.2, 0.25) is 10.0 Å². The van der Waals surface area contributed by atoms with E-state index in [1.807, 2.05) is 18.2 Å². The molecule has 88 valence electrons. The largest absolute Gasteiger partial charge is 0.379 e. The molecule has 1 aromatic carbocycles. The van der Waals surface area contributed by atoms with Crippen molar-refractivity contribution in [3.63, 3.8) is 0 Å². The Morgan fingerprint density at radius 1 is 1.25 bits per heavy atom. The Labute approximate surface area is 107 Å². The van der Waals surface area contributed by atoms with Crippen molar-refractivity contribution < 1.29 is 0 Å². The summed E-state index contributed by atoms with van der Waals surface area (Å²) in [5.41, 5.74) is 1.20. The lowest BCUT2D eigenvalue weighted by atomic mass is 9.87. The molecular weight excluding hydrogens is 241 g/mol. The van der Waals surface area contributed by atoms with E-state index in [9.17, 15) is 0 Å². The summed E-state index contributed by atoms with van der Waals surface area (Å²) < 4.78 is 0. The molecule has 1 aromatic rings. The first-order valence-electron chi connectivity index (χ1n) is 5.71. The highest BCUT2D eigenvalue weighted by atomic mass is 35.5. The average molecular weight is 258 g/mol. The maximum atomic E-state index is 6.15. The van der Waals surface area contributed by atoms with Gasteiger partial charge in [-0.3, -0.25) is 0 Å². The van der Waals surface area contributed by atoms with Crippen LogP contribution < -0.4 is 5.32 Å². The third-order valence-electron chi connectivity index (χ3n) is 3.54. The molecule has 0 bridgehead atoms. The summed E-state index contributed by atoms with van der Waals surface area (Å²) in [7, 11) is 0. The molecule has 0 saturated heterocycles. The number of anilines is 1. The van der Waals surface area contributed by atoms with Crippen LogP contribution in [0, 0.1) is 5.41 Å². The van der Waals surface area contributed by atoms with Gasteiger partial charge in [0.1, 0.15) is 0 Å². The molecule has 0 radical (unpaired) electrons. The molecule has 0 aliphatic heterocycles. The van der Waals surface area contributed by atoms with E-state index >= 15 is 0 Å². The van der Waals surface area contributed by atoms with Crippen LogP contribution in [0.3, 0.4) is 0 Å². The third kappa shape index (κ3) is 2.31. The summed E-state index contributed by atoms with van der Waals surface area (Å²) >= 11 is 12.3. The second-order valence-electron chi connectivity index (χ2n) is 5.17. The molecule has 0 spiro atoms. The van der Waals surface area contributed by atoms with Crippen LogP contribution in [0.4, 0.5) is 5.69 Å². The molecule has 1 atom stereocenters. The zero-order valence-electron chi connectivity index (χ0n) is 9.69. The van der Waals surface area contributed by atoms with E-state index in [-0.39, 0.29) is 0 Å². The normalized spacial score (nSPS) is 23.4. The van der Waals surface area contributed by atoms with Gasteiger partial charge in [-0.25, -0.2) is 0 Å². The third-order valence-corrected chi connectivity index (χ3v) is 4.17. The van der Waals surface area contributed by atoms with E-state index in [1.54, 1.807) is 0 Å². The Morgan fingerprint density at radius 3 is 2.38 bits per heavy atom. The van der Waals surface area contributed by atoms with Gasteiger partial charge in [-0.2, -0.15) is 0 Å². The first-order chi connectivity index (χ1) is 7.50. The zero-order chi connectivity index (χ0) is 11.8. The molecule has 1 fully saturated rings. The van der Waals surface area contributed by atoms with Gasteiger partial charge in [0.05, 0.1) is 15.7 Å². The van der Waals surface area contributed by atoms with Crippen molar-refractivity contribution in [3.05, 3.63) is 28.2 Å². The van der Waals surface area contributed by atoms with E-state index < -0.39 is 0 Å². The molecule has 1 aliphatic carbocycles. The summed E-state index contributed by atoms with van der Waals surface area (Å²) in [6, 6.07) is 6.08. The lowest BCUT2D eigenvalue weighted by Gasteiger charge is -2.29. The predicted molar refractivity (Wildman–Crippen MR) is 71.5 cm³/mol. The van der Waals surface area contributed by atoms with Crippen molar-refractivity contribution in [1.82, 2.24) is 0 Å². The molecule has 1 aliphatic rings. The van der Waals surface area contributed by atoms with Crippen LogP contribution >= 0.6 is 23.2 Å². The van der Waals surface area contributed by atoms with E-state index in [4.69, 9.17) is 23.2 Å². The Balaban J connectivity index is 2.21. The van der Waals surface area contributed by atoms with E-state index in [0.29, 0.717) is 21.5 Å². The number of hydrogen-bond acceptors (Lipinski definition) is 1. The van der Waals surface area contributed by atoms with Gasteiger partial charge in [-0.15, -0.1) is 0 Å². The van der Waals surface area contributed by atoms with Gasteiger partial charge in [0.2, 0.25) is 0 Å². The van der Waals surface area contributed by atoms with Crippen molar-refractivity contribution >= 4 is 28.9 Å². The smallest absolute Gasteiger partial charge is 0.0721 e. The van der Waals surface area contributed by atoms with Gasteiger partial charge < -0.3 is 5.32 Å². The summed E-state index contributed by atoms with van der Waals surface area (Å²) in [6.45, 7) is 4.59. The molecular formula is C13H17Cl2N. The quantitative estimate of drug-likeness (QED) is 0.788. The fraction of sp³-hybridized carbons (Fsp3) is 0.538. The fourth-order valence-electron chi connectivity index (χ4n) is 2.40. The lowest BCUT2D eigenvalue weighted by Crippen LogP contribution is -2.31. The highest BCUT2D eigenvalue weighted by molar-refractivity contribution is 6.39. The molecule has 3 heteroatoms. The predicted octanol–water partition coefficient (Wildman–Crippen LogP) is 4.98. The van der Waals surface area contributed by atoms with E-state index in [2.05, 4.69) is 19.2 Å². The van der Waals surface area contributed by atoms with Crippen molar-refractivity contribution in [2.75, 3.05) is 5.32 Å². The molecule has 0 aromatic heterocycles. The maximum absolute atomic E-state index is 6.15. The first-order valence-corrected chi connectivity index (χ1v) is 6.47. The highest BCUT2D eigenvalue weighted by Crippen LogP contribution is 2.41. The number of nitrogens with one attached hydrogen (secondary N) is 1. The van der Waals surface area contributed by atoms with Crippen LogP contribution in [0.1, 0.15) is 33.1 Å². The minimum absolute atomic E-state index is 0.322. The number of halogens is 2. The standard InChI is InChI=1S/C13H17Cl2N/c1-13(2)8-4-7-11(13)16-12-9(14)5-3-6-10(12)15/h3,5-6,11,16H,4,7-8H2,1-2H3. The van der Waals surface area contributed by atoms with Crippen molar-refractivity contribution in [2.24, 2.45) is 5.41 Å². The van der Waals surface area contributed by atoms with Crippen LogP contribution in [-0.2, 0) is 0 Å². The van der Waals surface area contributed by atoms with Gasteiger partial charge in [0.15, 0.2) is 0 Å². The first kappa shape index (κ1) is 12.1. The topological polar surface area (TPSA) is 12.0 Å². The Morgan fingerprint density at radius 2 is 1.88 bits per heavy atom. The summed E-state index contributed by atoms with van der Waals surface area (Å²) in [4.78, 5) is 0. The average Bonchev–Trinajstić information content (AvgIpc) is 2.52. The van der Waals surface area contributed by atoms with Crippen molar-refractivity contribution in [3.8, 4) is 0 Å². The number of hydrogen-bond donors (Lipinski definition) is 1. The second kappa shape index (κ2) is 4.46. The molecule has 2 rings (SSSR count). The number of para-hydroxylation sites is 1. The number of rotatable bonds is 2. The zero-order valence-corrected chi connectivity index (χ0v) is 11.2. The van der Waals surface area contributed by atoms with Crippen LogP contribution in [0.25, 0.3) is 0 Å². The Hall–Kier alpha value is -0.400. The summed E-state index contributed by atoms with van der Waals surface area (Å²) in [6.07, 6.45) is 3.72. The van der Waals surface area contributed by atoms with Gasteiger partial charge in [-0.1, -0.05) is 49.5 Å². The van der Waals surface area contributed by atoms with E-state index in [1.165, 1.54) is 19.3 Å². The number of benzene rings is 1. The molecule has 16 heavy (non-hydrogen) atoms.